The fourth-order valence-electron chi connectivity index (χ4n) is 2.97. The van der Waals surface area contributed by atoms with Gasteiger partial charge in [0.25, 0.3) is 0 Å². The van der Waals surface area contributed by atoms with E-state index in [1.54, 1.807) is 0 Å². The van der Waals surface area contributed by atoms with Gasteiger partial charge in [-0.1, -0.05) is 49.3 Å². The van der Waals surface area contributed by atoms with Gasteiger partial charge in [0.15, 0.2) is 5.76 Å². The number of aromatic nitrogens is 1. The summed E-state index contributed by atoms with van der Waals surface area (Å²) in [6.45, 7) is 7.29. The average Bonchev–Trinajstić information content (AvgIpc) is 2.92. The predicted molar refractivity (Wildman–Crippen MR) is 83.6 cm³/mol. The Labute approximate surface area is 125 Å². The molecule has 2 heterocycles. The Hall–Kier alpha value is -1.65. The number of hydrogen-bond acceptors (Lipinski definition) is 4. The van der Waals surface area contributed by atoms with Gasteiger partial charge in [-0.2, -0.15) is 0 Å². The molecule has 1 fully saturated rings. The molecule has 1 aliphatic heterocycles. The summed E-state index contributed by atoms with van der Waals surface area (Å²) < 4.78 is 5.49. The zero-order chi connectivity index (χ0) is 14.9. The van der Waals surface area contributed by atoms with Crippen molar-refractivity contribution in [1.29, 1.82) is 0 Å². The summed E-state index contributed by atoms with van der Waals surface area (Å²) in [6, 6.07) is 12.4. The van der Waals surface area contributed by atoms with E-state index in [1.165, 1.54) is 0 Å². The molecule has 2 aromatic rings. The van der Waals surface area contributed by atoms with Gasteiger partial charge < -0.3 is 10.3 Å². The van der Waals surface area contributed by atoms with Gasteiger partial charge in [0.2, 0.25) is 0 Å². The second-order valence-electron chi connectivity index (χ2n) is 6.64. The lowest BCUT2D eigenvalue weighted by atomic mass is 9.80. The highest BCUT2D eigenvalue weighted by molar-refractivity contribution is 5.58. The van der Waals surface area contributed by atoms with E-state index in [1.807, 2.05) is 36.4 Å². The van der Waals surface area contributed by atoms with Gasteiger partial charge in [-0.15, -0.1) is 0 Å². The Kier molecular flexibility index (Phi) is 3.83. The van der Waals surface area contributed by atoms with Crippen molar-refractivity contribution in [3.8, 4) is 11.3 Å². The third kappa shape index (κ3) is 3.17. The average molecular weight is 285 g/mol. The number of hydrogen-bond donors (Lipinski definition) is 1. The molecule has 0 amide bonds. The molecule has 1 unspecified atom stereocenters. The lowest BCUT2D eigenvalue weighted by Gasteiger charge is -2.42. The van der Waals surface area contributed by atoms with Crippen molar-refractivity contribution in [3.63, 3.8) is 0 Å². The van der Waals surface area contributed by atoms with Crippen LogP contribution in [0.5, 0.6) is 0 Å². The van der Waals surface area contributed by atoms with Crippen LogP contribution in [0.25, 0.3) is 11.3 Å². The Morgan fingerprint density at radius 2 is 2.10 bits per heavy atom. The van der Waals surface area contributed by atoms with Crippen LogP contribution in [0.15, 0.2) is 40.9 Å². The lowest BCUT2D eigenvalue weighted by Crippen LogP contribution is -2.51. The van der Waals surface area contributed by atoms with Crippen LogP contribution in [0.3, 0.4) is 0 Å². The van der Waals surface area contributed by atoms with Gasteiger partial charge in [-0.05, 0) is 11.8 Å². The van der Waals surface area contributed by atoms with Crippen molar-refractivity contribution in [2.75, 3.05) is 13.1 Å². The number of nitrogens with zero attached hydrogens (tertiary/aromatic N) is 2. The van der Waals surface area contributed by atoms with Crippen LogP contribution in [0, 0.1) is 5.41 Å². The summed E-state index contributed by atoms with van der Waals surface area (Å²) in [6.07, 6.45) is 1.03. The molecule has 1 aromatic carbocycles. The van der Waals surface area contributed by atoms with Crippen LogP contribution >= 0.6 is 0 Å². The summed E-state index contributed by atoms with van der Waals surface area (Å²) >= 11 is 0. The highest BCUT2D eigenvalue weighted by Crippen LogP contribution is 2.29. The zero-order valence-electron chi connectivity index (χ0n) is 12.7. The minimum absolute atomic E-state index is 0.153. The first-order valence-electron chi connectivity index (χ1n) is 7.53. The van der Waals surface area contributed by atoms with Gasteiger partial charge in [0, 0.05) is 30.8 Å². The molecular formula is C17H23N3O. The number of rotatable bonds is 3. The van der Waals surface area contributed by atoms with Gasteiger partial charge in [-0.3, -0.25) is 4.90 Å². The van der Waals surface area contributed by atoms with Gasteiger partial charge in [-0.25, -0.2) is 0 Å². The molecule has 0 aliphatic carbocycles. The second-order valence-corrected chi connectivity index (χ2v) is 6.64. The maximum atomic E-state index is 6.19. The fraction of sp³-hybridized carbons (Fsp3) is 0.471. The van der Waals surface area contributed by atoms with Crippen LogP contribution in [0.1, 0.15) is 26.0 Å². The zero-order valence-corrected chi connectivity index (χ0v) is 12.7. The molecule has 2 N–H and O–H groups in total. The van der Waals surface area contributed by atoms with E-state index in [-0.39, 0.29) is 11.5 Å². The lowest BCUT2D eigenvalue weighted by molar-refractivity contribution is 0.0826. The number of nitrogens with two attached hydrogens (primary N) is 1. The van der Waals surface area contributed by atoms with Crippen LogP contribution in [-0.4, -0.2) is 29.2 Å². The Balaban J connectivity index is 1.68. The SMILES string of the molecule is CC1(C)CN(Cc2cc(-c3ccccc3)no2)CCC1N. The monoisotopic (exact) mass is 285 g/mol. The smallest absolute Gasteiger partial charge is 0.151 e. The number of piperidine rings is 1. The first kappa shape index (κ1) is 14.3. The maximum Gasteiger partial charge on any atom is 0.151 e. The Bertz CT molecular complexity index is 591. The normalized spacial score (nSPS) is 22.3. The van der Waals surface area contributed by atoms with Crippen molar-refractivity contribution in [3.05, 3.63) is 42.2 Å². The summed E-state index contributed by atoms with van der Waals surface area (Å²) in [7, 11) is 0. The topological polar surface area (TPSA) is 55.3 Å². The van der Waals surface area contributed by atoms with Crippen LogP contribution < -0.4 is 5.73 Å². The van der Waals surface area contributed by atoms with E-state index < -0.39 is 0 Å². The molecule has 21 heavy (non-hydrogen) atoms. The van der Waals surface area contributed by atoms with Gasteiger partial charge in [0.05, 0.1) is 6.54 Å². The van der Waals surface area contributed by atoms with E-state index in [0.717, 1.165) is 43.1 Å². The first-order valence-corrected chi connectivity index (χ1v) is 7.53. The summed E-state index contributed by atoms with van der Waals surface area (Å²) in [5.74, 6) is 0.917. The highest BCUT2D eigenvalue weighted by atomic mass is 16.5. The molecule has 1 aliphatic rings. The molecule has 1 aromatic heterocycles. The van der Waals surface area contributed by atoms with Gasteiger partial charge in [0.1, 0.15) is 5.69 Å². The van der Waals surface area contributed by atoms with E-state index >= 15 is 0 Å². The molecule has 112 valence electrons. The first-order chi connectivity index (χ1) is 10.0. The Morgan fingerprint density at radius 3 is 2.81 bits per heavy atom. The molecule has 4 nitrogen and oxygen atoms in total. The molecule has 0 radical (unpaired) electrons. The van der Waals surface area contributed by atoms with Crippen LogP contribution in [0.2, 0.25) is 0 Å². The minimum atomic E-state index is 0.153. The van der Waals surface area contributed by atoms with Crippen molar-refractivity contribution in [2.24, 2.45) is 11.1 Å². The molecule has 1 atom stereocenters. The molecule has 0 saturated carbocycles. The van der Waals surface area contributed by atoms with Crippen molar-refractivity contribution < 1.29 is 4.52 Å². The summed E-state index contributed by atoms with van der Waals surface area (Å²) in [5, 5.41) is 4.18. The number of benzene rings is 1. The second kappa shape index (κ2) is 5.62. The third-order valence-corrected chi connectivity index (χ3v) is 4.40. The minimum Gasteiger partial charge on any atom is -0.359 e. The molecule has 3 rings (SSSR count). The molecule has 1 saturated heterocycles. The van der Waals surface area contributed by atoms with Crippen LogP contribution in [-0.2, 0) is 6.54 Å². The molecule has 4 heteroatoms. The molecule has 0 spiro atoms. The van der Waals surface area contributed by atoms with E-state index in [4.69, 9.17) is 10.3 Å². The van der Waals surface area contributed by atoms with Crippen molar-refractivity contribution in [2.45, 2.75) is 32.9 Å². The standard InChI is InChI=1S/C17H23N3O/c1-17(2)12-20(9-8-16(17)18)11-14-10-15(19-21-14)13-6-4-3-5-7-13/h3-7,10,16H,8-9,11-12,18H2,1-2H3. The van der Waals surface area contributed by atoms with E-state index in [2.05, 4.69) is 23.9 Å². The fourth-order valence-corrected chi connectivity index (χ4v) is 2.97. The molecular weight excluding hydrogens is 262 g/mol. The summed E-state index contributed by atoms with van der Waals surface area (Å²) in [4.78, 5) is 2.40. The summed E-state index contributed by atoms with van der Waals surface area (Å²) in [5.41, 5.74) is 8.33. The van der Waals surface area contributed by atoms with Crippen molar-refractivity contribution >= 4 is 0 Å². The Morgan fingerprint density at radius 1 is 1.33 bits per heavy atom. The predicted octanol–water partition coefficient (Wildman–Crippen LogP) is 2.90. The quantitative estimate of drug-likeness (QED) is 0.942. The van der Waals surface area contributed by atoms with Crippen LogP contribution in [0.4, 0.5) is 0 Å². The third-order valence-electron chi connectivity index (χ3n) is 4.40. The van der Waals surface area contributed by atoms with E-state index in [0.29, 0.717) is 0 Å². The van der Waals surface area contributed by atoms with E-state index in [9.17, 15) is 0 Å². The van der Waals surface area contributed by atoms with Gasteiger partial charge >= 0.3 is 0 Å². The highest BCUT2D eigenvalue weighted by Gasteiger charge is 2.33. The maximum absolute atomic E-state index is 6.19. The largest absolute Gasteiger partial charge is 0.359 e. The number of likely N-dealkylation sites (tertiary alicyclic amines) is 1. The molecule has 0 bridgehead atoms. The van der Waals surface area contributed by atoms with Crippen molar-refractivity contribution in [1.82, 2.24) is 10.1 Å².